The molecular formula is C21H28N2O3. The molecule has 0 bridgehead atoms. The number of rotatable bonds is 5. The van der Waals surface area contributed by atoms with E-state index in [-0.39, 0.29) is 29.9 Å². The van der Waals surface area contributed by atoms with Gasteiger partial charge in [0.25, 0.3) is 0 Å². The average Bonchev–Trinajstić information content (AvgIpc) is 3.42. The second kappa shape index (κ2) is 7.03. The Morgan fingerprint density at radius 1 is 1.19 bits per heavy atom. The van der Waals surface area contributed by atoms with Gasteiger partial charge in [0.15, 0.2) is 0 Å². The van der Waals surface area contributed by atoms with Crippen LogP contribution < -0.4 is 0 Å². The first-order valence-electron chi connectivity index (χ1n) is 9.76. The van der Waals surface area contributed by atoms with Crippen molar-refractivity contribution in [1.29, 1.82) is 0 Å². The van der Waals surface area contributed by atoms with Crippen molar-refractivity contribution in [3.8, 4) is 0 Å². The van der Waals surface area contributed by atoms with E-state index < -0.39 is 0 Å². The van der Waals surface area contributed by atoms with Crippen molar-refractivity contribution in [2.75, 3.05) is 33.4 Å². The number of ether oxygens (including phenoxy) is 1. The van der Waals surface area contributed by atoms with Crippen molar-refractivity contribution in [3.05, 3.63) is 35.9 Å². The fourth-order valence-electron chi connectivity index (χ4n) is 4.85. The molecule has 0 radical (unpaired) electrons. The molecule has 0 N–H and O–H groups in total. The van der Waals surface area contributed by atoms with E-state index in [9.17, 15) is 9.59 Å². The normalized spacial score (nSPS) is 28.8. The number of likely N-dealkylation sites (tertiary alicyclic amines) is 2. The Morgan fingerprint density at radius 3 is 2.62 bits per heavy atom. The maximum atomic E-state index is 13.0. The lowest BCUT2D eigenvalue weighted by Gasteiger charge is -2.36. The molecule has 2 aliphatic heterocycles. The molecule has 2 unspecified atom stereocenters. The van der Waals surface area contributed by atoms with Crippen LogP contribution >= 0.6 is 0 Å². The predicted octanol–water partition coefficient (Wildman–Crippen LogP) is 2.20. The quantitative estimate of drug-likeness (QED) is 0.813. The minimum absolute atomic E-state index is 0.00116. The Balaban J connectivity index is 1.66. The highest BCUT2D eigenvalue weighted by atomic mass is 16.5. The van der Waals surface area contributed by atoms with E-state index in [4.69, 9.17) is 4.74 Å². The van der Waals surface area contributed by atoms with Crippen LogP contribution in [-0.2, 0) is 19.7 Å². The van der Waals surface area contributed by atoms with Crippen molar-refractivity contribution in [2.45, 2.75) is 43.6 Å². The zero-order valence-electron chi connectivity index (χ0n) is 15.5. The predicted molar refractivity (Wildman–Crippen MR) is 98.7 cm³/mol. The average molecular weight is 356 g/mol. The smallest absolute Gasteiger partial charge is 0.248 e. The maximum Gasteiger partial charge on any atom is 0.248 e. The van der Waals surface area contributed by atoms with E-state index in [0.29, 0.717) is 18.9 Å². The van der Waals surface area contributed by atoms with Gasteiger partial charge in [-0.1, -0.05) is 30.3 Å². The third-order valence-corrected chi connectivity index (χ3v) is 6.47. The molecule has 4 rings (SSSR count). The van der Waals surface area contributed by atoms with Gasteiger partial charge in [0.2, 0.25) is 11.8 Å². The van der Waals surface area contributed by atoms with Crippen molar-refractivity contribution in [1.82, 2.24) is 9.80 Å². The van der Waals surface area contributed by atoms with E-state index in [2.05, 4.69) is 29.2 Å². The summed E-state index contributed by atoms with van der Waals surface area (Å²) in [6.45, 7) is 2.48. The summed E-state index contributed by atoms with van der Waals surface area (Å²) in [5.41, 5.74) is 1.14. The van der Waals surface area contributed by atoms with E-state index >= 15 is 0 Å². The zero-order valence-corrected chi connectivity index (χ0v) is 15.5. The molecule has 1 saturated carbocycles. The Bertz CT molecular complexity index is 673. The van der Waals surface area contributed by atoms with Gasteiger partial charge in [-0.3, -0.25) is 9.59 Å². The Kier molecular flexibility index (Phi) is 4.74. The zero-order chi connectivity index (χ0) is 18.1. The number of methoxy groups -OCH3 is 1. The number of fused-ring (bicyclic) bond motifs is 1. The summed E-state index contributed by atoms with van der Waals surface area (Å²) in [6, 6.07) is 10.4. The minimum atomic E-state index is -0.126. The molecule has 26 heavy (non-hydrogen) atoms. The van der Waals surface area contributed by atoms with Crippen LogP contribution in [0.15, 0.2) is 30.3 Å². The number of amides is 2. The lowest BCUT2D eigenvalue weighted by molar-refractivity contribution is -0.138. The first-order valence-corrected chi connectivity index (χ1v) is 9.76. The van der Waals surface area contributed by atoms with Crippen LogP contribution in [0.4, 0.5) is 0 Å². The first-order chi connectivity index (χ1) is 12.6. The van der Waals surface area contributed by atoms with Gasteiger partial charge in [-0.05, 0) is 37.2 Å². The molecule has 3 fully saturated rings. The second-order valence-electron chi connectivity index (χ2n) is 8.05. The maximum absolute atomic E-state index is 13.0. The number of carbonyl (C=O) groups excluding carboxylic acids is 2. The van der Waals surface area contributed by atoms with E-state index in [1.165, 1.54) is 18.4 Å². The van der Waals surface area contributed by atoms with Crippen LogP contribution in [0.3, 0.4) is 0 Å². The molecule has 5 heteroatoms. The lowest BCUT2D eigenvalue weighted by atomic mass is 9.71. The highest BCUT2D eigenvalue weighted by Crippen LogP contribution is 2.46. The van der Waals surface area contributed by atoms with Crippen LogP contribution in [0, 0.1) is 5.92 Å². The van der Waals surface area contributed by atoms with Crippen LogP contribution in [0.1, 0.15) is 37.7 Å². The summed E-state index contributed by atoms with van der Waals surface area (Å²) in [5, 5.41) is 0. The molecule has 2 amide bonds. The van der Waals surface area contributed by atoms with Gasteiger partial charge in [-0.2, -0.15) is 0 Å². The van der Waals surface area contributed by atoms with Crippen molar-refractivity contribution >= 4 is 11.8 Å². The Morgan fingerprint density at radius 2 is 1.92 bits per heavy atom. The molecule has 3 aliphatic rings. The molecule has 1 aliphatic carbocycles. The van der Waals surface area contributed by atoms with Crippen LogP contribution in [0.25, 0.3) is 0 Å². The monoisotopic (exact) mass is 356 g/mol. The van der Waals surface area contributed by atoms with Gasteiger partial charge in [0, 0.05) is 38.6 Å². The molecule has 2 saturated heterocycles. The standard InChI is InChI=1S/C21H28N2O3/c1-26-15-20(25)23-12-10-21(17-5-3-2-4-6-17)9-11-22(14-16-7-8-16)19(24)13-18(21)23/h2-6,16,18H,7-15H2,1H3. The fourth-order valence-corrected chi connectivity index (χ4v) is 4.85. The number of carbonyl (C=O) groups is 2. The Hall–Kier alpha value is -1.88. The van der Waals surface area contributed by atoms with Gasteiger partial charge in [0.1, 0.15) is 6.61 Å². The summed E-state index contributed by atoms with van der Waals surface area (Å²) < 4.78 is 5.09. The largest absolute Gasteiger partial charge is 0.375 e. The second-order valence-corrected chi connectivity index (χ2v) is 8.05. The van der Waals surface area contributed by atoms with Crippen molar-refractivity contribution in [2.24, 2.45) is 5.92 Å². The van der Waals surface area contributed by atoms with Gasteiger partial charge < -0.3 is 14.5 Å². The minimum Gasteiger partial charge on any atom is -0.375 e. The van der Waals surface area contributed by atoms with Crippen LogP contribution in [-0.4, -0.2) is 61.0 Å². The molecule has 140 valence electrons. The molecule has 1 aromatic rings. The number of hydrogen-bond donors (Lipinski definition) is 0. The summed E-state index contributed by atoms with van der Waals surface area (Å²) in [7, 11) is 1.55. The molecular weight excluding hydrogens is 328 g/mol. The van der Waals surface area contributed by atoms with Crippen LogP contribution in [0.2, 0.25) is 0 Å². The van der Waals surface area contributed by atoms with Gasteiger partial charge >= 0.3 is 0 Å². The molecule has 2 heterocycles. The molecule has 1 aromatic carbocycles. The van der Waals surface area contributed by atoms with E-state index in [0.717, 1.165) is 25.9 Å². The Labute approximate surface area is 155 Å². The molecule has 0 spiro atoms. The molecule has 0 aromatic heterocycles. The molecule has 2 atom stereocenters. The van der Waals surface area contributed by atoms with Gasteiger partial charge in [-0.25, -0.2) is 0 Å². The van der Waals surface area contributed by atoms with Crippen molar-refractivity contribution < 1.29 is 14.3 Å². The highest BCUT2D eigenvalue weighted by molar-refractivity contribution is 5.82. The lowest BCUT2D eigenvalue weighted by Crippen LogP contribution is -2.46. The number of benzene rings is 1. The summed E-state index contributed by atoms with van der Waals surface area (Å²) in [4.78, 5) is 29.6. The molecule has 5 nitrogen and oxygen atoms in total. The number of nitrogens with zero attached hydrogens (tertiary/aromatic N) is 2. The van der Waals surface area contributed by atoms with Crippen molar-refractivity contribution in [3.63, 3.8) is 0 Å². The van der Waals surface area contributed by atoms with E-state index in [1.54, 1.807) is 7.11 Å². The summed E-state index contributed by atoms with van der Waals surface area (Å²) in [6.07, 6.45) is 4.76. The van der Waals surface area contributed by atoms with E-state index in [1.807, 2.05) is 11.0 Å². The van der Waals surface area contributed by atoms with Gasteiger partial charge in [0.05, 0.1) is 6.04 Å². The highest BCUT2D eigenvalue weighted by Gasteiger charge is 2.52. The summed E-state index contributed by atoms with van der Waals surface area (Å²) >= 11 is 0. The topological polar surface area (TPSA) is 49.9 Å². The third kappa shape index (κ3) is 3.13. The third-order valence-electron chi connectivity index (χ3n) is 6.47. The fraction of sp³-hybridized carbons (Fsp3) is 0.619. The van der Waals surface area contributed by atoms with Gasteiger partial charge in [-0.15, -0.1) is 0 Å². The SMILES string of the molecule is COCC(=O)N1CCC2(c3ccccc3)CCN(CC3CC3)C(=O)CC12. The summed E-state index contributed by atoms with van der Waals surface area (Å²) in [5.74, 6) is 0.895. The first kappa shape index (κ1) is 17.5. The number of hydrogen-bond acceptors (Lipinski definition) is 3. The van der Waals surface area contributed by atoms with Crippen LogP contribution in [0.5, 0.6) is 0 Å².